The first kappa shape index (κ1) is 14.5. The van der Waals surface area contributed by atoms with Gasteiger partial charge in [-0.3, -0.25) is 9.78 Å². The summed E-state index contributed by atoms with van der Waals surface area (Å²) in [6, 6.07) is 9.85. The van der Waals surface area contributed by atoms with Crippen molar-refractivity contribution in [1.29, 1.82) is 0 Å². The molecule has 5 nitrogen and oxygen atoms in total. The van der Waals surface area contributed by atoms with Crippen LogP contribution in [-0.4, -0.2) is 21.9 Å². The quantitative estimate of drug-likeness (QED) is 0.909. The van der Waals surface area contributed by atoms with Crippen LogP contribution >= 0.6 is 0 Å². The molecule has 114 valence electrons. The summed E-state index contributed by atoms with van der Waals surface area (Å²) in [6.07, 6.45) is 7.79. The first-order valence-electron chi connectivity index (χ1n) is 7.66. The number of hydrogen-bond donors (Lipinski definition) is 2. The molecule has 3 N–H and O–H groups in total. The molecule has 0 saturated heterocycles. The van der Waals surface area contributed by atoms with E-state index in [4.69, 9.17) is 5.73 Å². The normalized spacial score (nSPS) is 21.3. The first-order chi connectivity index (χ1) is 10.7. The van der Waals surface area contributed by atoms with Crippen LogP contribution in [0.5, 0.6) is 0 Å². The molecule has 2 aromatic rings. The van der Waals surface area contributed by atoms with Crippen LogP contribution in [0.15, 0.2) is 42.7 Å². The molecule has 0 aromatic carbocycles. The number of nitrogens with one attached hydrogen (secondary N) is 1. The van der Waals surface area contributed by atoms with E-state index < -0.39 is 5.91 Å². The molecule has 22 heavy (non-hydrogen) atoms. The van der Waals surface area contributed by atoms with Crippen molar-refractivity contribution in [1.82, 2.24) is 9.97 Å². The smallest absolute Gasteiger partial charge is 0.252 e. The molecule has 0 atom stereocenters. The maximum absolute atomic E-state index is 11.4. The number of nitrogens with zero attached hydrogens (tertiary/aromatic N) is 2. The van der Waals surface area contributed by atoms with Crippen LogP contribution in [0, 0.1) is 0 Å². The number of carbonyl (C=O) groups excluding carboxylic acids is 1. The van der Waals surface area contributed by atoms with Gasteiger partial charge in [-0.2, -0.15) is 0 Å². The van der Waals surface area contributed by atoms with Crippen LogP contribution in [-0.2, 0) is 0 Å². The number of aromatic nitrogens is 2. The minimum absolute atomic E-state index is 0.327. The average Bonchev–Trinajstić information content (AvgIpc) is 2.57. The van der Waals surface area contributed by atoms with Gasteiger partial charge >= 0.3 is 0 Å². The Hall–Kier alpha value is -2.43. The summed E-state index contributed by atoms with van der Waals surface area (Å²) in [6.45, 7) is 0. The molecule has 1 aliphatic rings. The van der Waals surface area contributed by atoms with E-state index in [0.29, 0.717) is 23.3 Å². The van der Waals surface area contributed by atoms with Gasteiger partial charge in [0.2, 0.25) is 0 Å². The van der Waals surface area contributed by atoms with E-state index in [0.717, 1.165) is 25.7 Å². The standard InChI is InChI=1S/C17H20N4O/c18-16(22)14-4-3-11-20-17(14)21-13-8-6-12(7-9-13)15-5-1-2-10-19-15/h1-5,10-13H,6-9H2,(H2,18,22)(H,20,21). The van der Waals surface area contributed by atoms with Crippen molar-refractivity contribution >= 4 is 11.7 Å². The number of nitrogens with two attached hydrogens (primary N) is 1. The molecule has 0 bridgehead atoms. The molecule has 0 unspecified atom stereocenters. The van der Waals surface area contributed by atoms with E-state index in [1.807, 2.05) is 18.3 Å². The van der Waals surface area contributed by atoms with Gasteiger partial charge in [-0.05, 0) is 49.9 Å². The van der Waals surface area contributed by atoms with Crippen molar-refractivity contribution < 1.29 is 4.79 Å². The number of pyridine rings is 2. The SMILES string of the molecule is NC(=O)c1cccnc1NC1CCC(c2ccccn2)CC1. The largest absolute Gasteiger partial charge is 0.367 e. The van der Waals surface area contributed by atoms with Crippen LogP contribution in [0.25, 0.3) is 0 Å². The lowest BCUT2D eigenvalue weighted by Crippen LogP contribution is -2.27. The Morgan fingerprint density at radius 1 is 1.05 bits per heavy atom. The van der Waals surface area contributed by atoms with Crippen LogP contribution in [0.3, 0.4) is 0 Å². The Bertz CT molecular complexity index is 636. The second-order valence-electron chi connectivity index (χ2n) is 5.71. The summed E-state index contributed by atoms with van der Waals surface area (Å²) in [5.41, 5.74) is 7.02. The van der Waals surface area contributed by atoms with Crippen molar-refractivity contribution in [3.05, 3.63) is 54.0 Å². The van der Waals surface area contributed by atoms with Crippen molar-refractivity contribution in [3.8, 4) is 0 Å². The highest BCUT2D eigenvalue weighted by Gasteiger charge is 2.24. The third-order valence-electron chi connectivity index (χ3n) is 4.25. The lowest BCUT2D eigenvalue weighted by Gasteiger charge is -2.29. The molecule has 3 rings (SSSR count). The summed E-state index contributed by atoms with van der Waals surface area (Å²) in [7, 11) is 0. The Labute approximate surface area is 130 Å². The van der Waals surface area contributed by atoms with Crippen molar-refractivity contribution in [2.45, 2.75) is 37.6 Å². The number of rotatable bonds is 4. The van der Waals surface area contributed by atoms with E-state index in [2.05, 4.69) is 21.4 Å². The molecule has 1 fully saturated rings. The van der Waals surface area contributed by atoms with Crippen LogP contribution in [0.4, 0.5) is 5.82 Å². The predicted molar refractivity (Wildman–Crippen MR) is 85.6 cm³/mol. The van der Waals surface area contributed by atoms with Gasteiger partial charge in [0.15, 0.2) is 0 Å². The summed E-state index contributed by atoms with van der Waals surface area (Å²) in [5, 5.41) is 3.37. The van der Waals surface area contributed by atoms with Gasteiger partial charge in [-0.1, -0.05) is 6.07 Å². The second-order valence-corrected chi connectivity index (χ2v) is 5.71. The number of amides is 1. The average molecular weight is 296 g/mol. The Kier molecular flexibility index (Phi) is 4.32. The molecular formula is C17H20N4O. The minimum Gasteiger partial charge on any atom is -0.367 e. The molecule has 1 aliphatic carbocycles. The van der Waals surface area contributed by atoms with Crippen LogP contribution < -0.4 is 11.1 Å². The van der Waals surface area contributed by atoms with Crippen molar-refractivity contribution in [2.24, 2.45) is 5.73 Å². The molecule has 2 heterocycles. The van der Waals surface area contributed by atoms with Gasteiger partial charge in [-0.25, -0.2) is 4.98 Å². The maximum Gasteiger partial charge on any atom is 0.252 e. The summed E-state index contributed by atoms with van der Waals surface area (Å²) >= 11 is 0. The summed E-state index contributed by atoms with van der Waals surface area (Å²) in [4.78, 5) is 20.1. The molecule has 5 heteroatoms. The summed E-state index contributed by atoms with van der Waals surface area (Å²) < 4.78 is 0. The summed E-state index contributed by atoms with van der Waals surface area (Å²) in [5.74, 6) is 0.674. The number of carbonyl (C=O) groups is 1. The second kappa shape index (κ2) is 6.56. The lowest BCUT2D eigenvalue weighted by molar-refractivity contribution is 0.100. The minimum atomic E-state index is -0.447. The van der Waals surface area contributed by atoms with Crippen LogP contribution in [0.2, 0.25) is 0 Å². The molecule has 0 aliphatic heterocycles. The Balaban J connectivity index is 1.62. The molecule has 2 aromatic heterocycles. The van der Waals surface area contributed by atoms with Gasteiger partial charge in [0.05, 0.1) is 5.56 Å². The van der Waals surface area contributed by atoms with Gasteiger partial charge < -0.3 is 11.1 Å². The third-order valence-corrected chi connectivity index (χ3v) is 4.25. The first-order valence-corrected chi connectivity index (χ1v) is 7.66. The zero-order valence-corrected chi connectivity index (χ0v) is 12.4. The molecule has 0 spiro atoms. The fourth-order valence-corrected chi connectivity index (χ4v) is 3.06. The van der Waals surface area contributed by atoms with Gasteiger partial charge in [0.25, 0.3) is 5.91 Å². The molecule has 1 amide bonds. The van der Waals surface area contributed by atoms with E-state index in [1.54, 1.807) is 18.3 Å². The zero-order chi connectivity index (χ0) is 15.4. The molecular weight excluding hydrogens is 276 g/mol. The zero-order valence-electron chi connectivity index (χ0n) is 12.4. The van der Waals surface area contributed by atoms with E-state index in [1.165, 1.54) is 5.69 Å². The number of hydrogen-bond acceptors (Lipinski definition) is 4. The van der Waals surface area contributed by atoms with Crippen molar-refractivity contribution in [3.63, 3.8) is 0 Å². The van der Waals surface area contributed by atoms with E-state index >= 15 is 0 Å². The highest BCUT2D eigenvalue weighted by molar-refractivity contribution is 5.97. The van der Waals surface area contributed by atoms with Crippen molar-refractivity contribution in [2.75, 3.05) is 5.32 Å². The van der Waals surface area contributed by atoms with E-state index in [-0.39, 0.29) is 0 Å². The van der Waals surface area contributed by atoms with E-state index in [9.17, 15) is 4.79 Å². The van der Waals surface area contributed by atoms with Gasteiger partial charge in [-0.15, -0.1) is 0 Å². The van der Waals surface area contributed by atoms with Gasteiger partial charge in [0, 0.05) is 30.0 Å². The highest BCUT2D eigenvalue weighted by Crippen LogP contribution is 2.33. The lowest BCUT2D eigenvalue weighted by atomic mass is 9.84. The molecule has 1 saturated carbocycles. The topological polar surface area (TPSA) is 80.9 Å². The fourth-order valence-electron chi connectivity index (χ4n) is 3.06. The Morgan fingerprint density at radius 2 is 1.82 bits per heavy atom. The highest BCUT2D eigenvalue weighted by atomic mass is 16.1. The molecule has 0 radical (unpaired) electrons. The number of anilines is 1. The van der Waals surface area contributed by atoms with Gasteiger partial charge in [0.1, 0.15) is 5.82 Å². The van der Waals surface area contributed by atoms with Crippen LogP contribution in [0.1, 0.15) is 47.7 Å². The maximum atomic E-state index is 11.4. The fraction of sp³-hybridized carbons (Fsp3) is 0.353. The predicted octanol–water partition coefficient (Wildman–Crippen LogP) is 2.71. The monoisotopic (exact) mass is 296 g/mol. The Morgan fingerprint density at radius 3 is 2.50 bits per heavy atom. The third kappa shape index (κ3) is 3.24. The number of primary amides is 1.